The molecule has 2 heterocycles. The number of para-hydroxylation sites is 1. The number of rotatable bonds is 2. The fraction of sp³-hybridized carbons (Fsp3) is 0.294. The summed E-state index contributed by atoms with van der Waals surface area (Å²) in [5, 5.41) is 0.967. The van der Waals surface area contributed by atoms with Crippen molar-refractivity contribution in [3.05, 3.63) is 51.6 Å². The first-order valence-corrected chi connectivity index (χ1v) is 7.08. The van der Waals surface area contributed by atoms with Crippen LogP contribution >= 0.6 is 0 Å². The van der Waals surface area contributed by atoms with E-state index >= 15 is 0 Å². The summed E-state index contributed by atoms with van der Waals surface area (Å²) in [4.78, 5) is 19.8. The molecule has 0 saturated carbocycles. The molecule has 21 heavy (non-hydrogen) atoms. The molecule has 0 spiro atoms. The van der Waals surface area contributed by atoms with Gasteiger partial charge in [-0.2, -0.15) is 0 Å². The number of benzene rings is 1. The number of aryl methyl sites for hydroxylation is 2. The van der Waals surface area contributed by atoms with Crippen molar-refractivity contribution in [3.8, 4) is 11.4 Å². The number of aromatic nitrogens is 2. The van der Waals surface area contributed by atoms with Crippen LogP contribution in [0.1, 0.15) is 36.8 Å². The highest BCUT2D eigenvalue weighted by Gasteiger charge is 2.18. The number of hydrogen-bond acceptors (Lipinski definition) is 3. The van der Waals surface area contributed by atoms with Crippen LogP contribution in [0, 0.1) is 13.8 Å². The Bertz CT molecular complexity index is 872. The van der Waals surface area contributed by atoms with E-state index in [9.17, 15) is 4.79 Å². The fourth-order valence-corrected chi connectivity index (χ4v) is 2.86. The molecule has 108 valence electrons. The zero-order valence-electron chi connectivity index (χ0n) is 12.7. The van der Waals surface area contributed by atoms with Gasteiger partial charge in [0.15, 0.2) is 0 Å². The van der Waals surface area contributed by atoms with Gasteiger partial charge in [0.05, 0.1) is 5.56 Å². The summed E-state index contributed by atoms with van der Waals surface area (Å²) in [6, 6.07) is 7.78. The average molecular weight is 282 g/mol. The van der Waals surface area contributed by atoms with Crippen molar-refractivity contribution in [1.82, 2.24) is 9.97 Å². The highest BCUT2D eigenvalue weighted by Crippen LogP contribution is 2.32. The molecule has 0 amide bonds. The molecule has 2 aromatic heterocycles. The molecule has 0 saturated heterocycles. The van der Waals surface area contributed by atoms with E-state index < -0.39 is 0 Å². The van der Waals surface area contributed by atoms with Gasteiger partial charge in [-0.1, -0.05) is 32.0 Å². The number of nitrogens with zero attached hydrogens (tertiary/aromatic N) is 1. The maximum atomic E-state index is 12.3. The summed E-state index contributed by atoms with van der Waals surface area (Å²) in [6.45, 7) is 7.77. The Kier molecular flexibility index (Phi) is 3.16. The number of fused-ring (bicyclic) bond motifs is 1. The van der Waals surface area contributed by atoms with E-state index in [0.29, 0.717) is 5.82 Å². The molecule has 3 aromatic rings. The largest absolute Gasteiger partial charge is 0.461 e. The smallest absolute Gasteiger partial charge is 0.254 e. The molecular formula is C17H18N2O2. The van der Waals surface area contributed by atoms with E-state index in [1.165, 1.54) is 0 Å². The first-order chi connectivity index (χ1) is 9.99. The van der Waals surface area contributed by atoms with Crippen LogP contribution in [0.25, 0.3) is 22.4 Å². The molecule has 3 rings (SSSR count). The van der Waals surface area contributed by atoms with Crippen molar-refractivity contribution >= 4 is 11.0 Å². The van der Waals surface area contributed by atoms with Crippen LogP contribution < -0.4 is 5.56 Å². The Morgan fingerprint density at radius 2 is 1.90 bits per heavy atom. The summed E-state index contributed by atoms with van der Waals surface area (Å²) in [7, 11) is 0. The van der Waals surface area contributed by atoms with Crippen LogP contribution in [0.4, 0.5) is 0 Å². The normalized spacial score (nSPS) is 11.5. The zero-order valence-corrected chi connectivity index (χ0v) is 12.7. The molecule has 0 aliphatic rings. The maximum Gasteiger partial charge on any atom is 0.254 e. The Morgan fingerprint density at radius 3 is 2.57 bits per heavy atom. The molecular weight excluding hydrogens is 264 g/mol. The number of aromatic amines is 1. The lowest BCUT2D eigenvalue weighted by Crippen LogP contribution is -2.18. The second-order valence-electron chi connectivity index (χ2n) is 5.60. The Morgan fingerprint density at radius 1 is 1.19 bits per heavy atom. The lowest BCUT2D eigenvalue weighted by Gasteiger charge is -2.09. The van der Waals surface area contributed by atoms with Gasteiger partial charge in [-0.15, -0.1) is 0 Å². The molecule has 0 fully saturated rings. The van der Waals surface area contributed by atoms with E-state index in [0.717, 1.165) is 33.6 Å². The van der Waals surface area contributed by atoms with Crippen LogP contribution in [0.2, 0.25) is 0 Å². The number of hydrogen-bond donors (Lipinski definition) is 1. The minimum atomic E-state index is -0.0721. The van der Waals surface area contributed by atoms with Gasteiger partial charge in [-0.25, -0.2) is 4.98 Å². The van der Waals surface area contributed by atoms with Crippen molar-refractivity contribution in [2.45, 2.75) is 33.6 Å². The summed E-state index contributed by atoms with van der Waals surface area (Å²) in [5.74, 6) is 1.48. The standard InChI is InChI=1S/C17H18N2O2/c1-9(2)14-10(3)18-16(19-17(14)20)15-11(4)21-13-8-6-5-7-12(13)15/h5-9H,1-4H3,(H,18,19,20). The Hall–Kier alpha value is -2.36. The van der Waals surface area contributed by atoms with E-state index in [2.05, 4.69) is 9.97 Å². The Balaban J connectivity index is 2.29. The van der Waals surface area contributed by atoms with Gasteiger partial charge in [0.2, 0.25) is 0 Å². The Labute approximate surface area is 122 Å². The lowest BCUT2D eigenvalue weighted by molar-refractivity contribution is 0.579. The summed E-state index contributed by atoms with van der Waals surface area (Å²) >= 11 is 0. The van der Waals surface area contributed by atoms with Gasteiger partial charge >= 0.3 is 0 Å². The molecule has 0 radical (unpaired) electrons. The minimum Gasteiger partial charge on any atom is -0.461 e. The highest BCUT2D eigenvalue weighted by atomic mass is 16.3. The number of furan rings is 1. The maximum absolute atomic E-state index is 12.3. The third-order valence-electron chi connectivity index (χ3n) is 3.73. The quantitative estimate of drug-likeness (QED) is 0.775. The average Bonchev–Trinajstić information content (AvgIpc) is 2.73. The number of nitrogens with one attached hydrogen (secondary N) is 1. The summed E-state index contributed by atoms with van der Waals surface area (Å²) < 4.78 is 5.75. The zero-order chi connectivity index (χ0) is 15.1. The first-order valence-electron chi connectivity index (χ1n) is 7.08. The predicted molar refractivity (Wildman–Crippen MR) is 83.6 cm³/mol. The minimum absolute atomic E-state index is 0.0721. The second kappa shape index (κ2) is 4.88. The van der Waals surface area contributed by atoms with Gasteiger partial charge in [-0.3, -0.25) is 4.79 Å². The molecule has 0 bridgehead atoms. The topological polar surface area (TPSA) is 58.9 Å². The molecule has 1 aromatic carbocycles. The second-order valence-corrected chi connectivity index (χ2v) is 5.60. The van der Waals surface area contributed by atoms with E-state index in [-0.39, 0.29) is 11.5 Å². The van der Waals surface area contributed by atoms with Crippen molar-refractivity contribution in [2.75, 3.05) is 0 Å². The number of H-pyrrole nitrogens is 1. The van der Waals surface area contributed by atoms with Crippen molar-refractivity contribution in [1.29, 1.82) is 0 Å². The molecule has 4 nitrogen and oxygen atoms in total. The van der Waals surface area contributed by atoms with Crippen LogP contribution in [0.5, 0.6) is 0 Å². The van der Waals surface area contributed by atoms with Crippen molar-refractivity contribution in [3.63, 3.8) is 0 Å². The van der Waals surface area contributed by atoms with Crippen molar-refractivity contribution in [2.24, 2.45) is 0 Å². The third-order valence-corrected chi connectivity index (χ3v) is 3.73. The lowest BCUT2D eigenvalue weighted by atomic mass is 10.0. The van der Waals surface area contributed by atoms with E-state index in [4.69, 9.17) is 4.42 Å². The highest BCUT2D eigenvalue weighted by molar-refractivity contribution is 5.93. The summed E-state index contributed by atoms with van der Waals surface area (Å²) in [6.07, 6.45) is 0. The van der Waals surface area contributed by atoms with Gasteiger partial charge in [0.1, 0.15) is 17.2 Å². The van der Waals surface area contributed by atoms with Gasteiger partial charge in [0.25, 0.3) is 5.56 Å². The predicted octanol–water partition coefficient (Wildman–Crippen LogP) is 3.92. The van der Waals surface area contributed by atoms with Gasteiger partial charge < -0.3 is 9.40 Å². The molecule has 0 aliphatic heterocycles. The molecule has 0 atom stereocenters. The van der Waals surface area contributed by atoms with Crippen LogP contribution in [-0.2, 0) is 0 Å². The van der Waals surface area contributed by atoms with E-state index in [1.54, 1.807) is 0 Å². The summed E-state index contributed by atoms with van der Waals surface area (Å²) in [5.41, 5.74) is 3.11. The first kappa shape index (κ1) is 13.6. The fourth-order valence-electron chi connectivity index (χ4n) is 2.86. The van der Waals surface area contributed by atoms with Crippen LogP contribution in [0.15, 0.2) is 33.5 Å². The van der Waals surface area contributed by atoms with Crippen LogP contribution in [-0.4, -0.2) is 9.97 Å². The van der Waals surface area contributed by atoms with E-state index in [1.807, 2.05) is 52.0 Å². The monoisotopic (exact) mass is 282 g/mol. The SMILES string of the molecule is Cc1nc(-c2c(C)oc3ccccc23)[nH]c(=O)c1C(C)C. The van der Waals surface area contributed by atoms with Crippen LogP contribution in [0.3, 0.4) is 0 Å². The van der Waals surface area contributed by atoms with Gasteiger partial charge in [-0.05, 0) is 25.8 Å². The molecule has 1 N–H and O–H groups in total. The molecule has 0 unspecified atom stereocenters. The van der Waals surface area contributed by atoms with Gasteiger partial charge in [0, 0.05) is 16.6 Å². The molecule has 4 heteroatoms. The molecule has 0 aliphatic carbocycles. The van der Waals surface area contributed by atoms with Crippen molar-refractivity contribution < 1.29 is 4.42 Å². The third kappa shape index (κ3) is 2.17.